The molecule has 1 N–H and O–H groups in total. The van der Waals surface area contributed by atoms with Crippen molar-refractivity contribution in [1.82, 2.24) is 0 Å². The smallest absolute Gasteiger partial charge is 0.237 e. The molecule has 5 nitrogen and oxygen atoms in total. The van der Waals surface area contributed by atoms with E-state index in [9.17, 15) is 9.59 Å². The molecule has 6 heteroatoms. The van der Waals surface area contributed by atoms with Gasteiger partial charge in [-0.1, -0.05) is 26.0 Å². The van der Waals surface area contributed by atoms with Crippen molar-refractivity contribution in [3.63, 3.8) is 0 Å². The Balaban J connectivity index is 1.92. The standard InChI is InChI=1S/C21H24N2O3S/c1-21(2)10-14-19(16(24)11-21)20(17-8-5-9-26-17)23(18(25)12-27)15-7-4-3-6-13(15)22-14/h3-9,14,19-20,22,27H,10-12H2,1-2H3/t14-,19+,20-/m1/s1. The van der Waals surface area contributed by atoms with Crippen molar-refractivity contribution in [3.05, 3.63) is 48.4 Å². The van der Waals surface area contributed by atoms with E-state index in [1.54, 1.807) is 17.2 Å². The van der Waals surface area contributed by atoms with Gasteiger partial charge in [0.25, 0.3) is 0 Å². The highest BCUT2D eigenvalue weighted by Gasteiger charge is 2.50. The summed E-state index contributed by atoms with van der Waals surface area (Å²) in [5.74, 6) is 0.331. The molecule has 0 bridgehead atoms. The van der Waals surface area contributed by atoms with Crippen LogP contribution < -0.4 is 10.2 Å². The first-order valence-corrected chi connectivity index (χ1v) is 9.89. The van der Waals surface area contributed by atoms with Crippen LogP contribution in [0.3, 0.4) is 0 Å². The molecule has 0 unspecified atom stereocenters. The van der Waals surface area contributed by atoms with Gasteiger partial charge >= 0.3 is 0 Å². The number of furan rings is 1. The molecule has 4 rings (SSSR count). The van der Waals surface area contributed by atoms with Crippen molar-refractivity contribution in [2.24, 2.45) is 11.3 Å². The molecule has 1 amide bonds. The average Bonchev–Trinajstić information content (AvgIpc) is 3.09. The van der Waals surface area contributed by atoms with Gasteiger partial charge in [0.05, 0.1) is 29.3 Å². The third-order valence-corrected chi connectivity index (χ3v) is 5.86. The average molecular weight is 385 g/mol. The van der Waals surface area contributed by atoms with E-state index in [2.05, 4.69) is 31.8 Å². The summed E-state index contributed by atoms with van der Waals surface area (Å²) >= 11 is 4.23. The molecule has 27 heavy (non-hydrogen) atoms. The molecule has 0 saturated heterocycles. The SMILES string of the molecule is CC1(C)CC(=O)[C@H]2[C@@H](c3ccco3)N(C(=O)CS)c3ccccc3N[C@@H]2C1. The highest BCUT2D eigenvalue weighted by Crippen LogP contribution is 2.49. The predicted octanol–water partition coefficient (Wildman–Crippen LogP) is 4.08. The second kappa shape index (κ2) is 6.75. The lowest BCUT2D eigenvalue weighted by Gasteiger charge is -2.43. The number of para-hydroxylation sites is 2. The molecule has 1 fully saturated rings. The van der Waals surface area contributed by atoms with E-state index >= 15 is 0 Å². The Bertz CT molecular complexity index is 862. The van der Waals surface area contributed by atoms with Crippen molar-refractivity contribution < 1.29 is 14.0 Å². The highest BCUT2D eigenvalue weighted by molar-refractivity contribution is 7.81. The Labute approximate surface area is 164 Å². The summed E-state index contributed by atoms with van der Waals surface area (Å²) in [6.07, 6.45) is 2.93. The molecular weight excluding hydrogens is 360 g/mol. The van der Waals surface area contributed by atoms with Crippen LogP contribution in [0, 0.1) is 11.3 Å². The number of ketones is 1. The number of fused-ring (bicyclic) bond motifs is 2. The van der Waals surface area contributed by atoms with Gasteiger partial charge in [-0.2, -0.15) is 12.6 Å². The number of Topliss-reactive ketones (excluding diaryl/α,β-unsaturated/α-hetero) is 1. The maximum atomic E-state index is 13.3. The molecule has 1 aromatic carbocycles. The lowest BCUT2D eigenvalue weighted by molar-refractivity contribution is -0.129. The predicted molar refractivity (Wildman–Crippen MR) is 108 cm³/mol. The van der Waals surface area contributed by atoms with Crippen molar-refractivity contribution >= 4 is 35.7 Å². The van der Waals surface area contributed by atoms with E-state index in [1.165, 1.54) is 0 Å². The van der Waals surface area contributed by atoms with Crippen LogP contribution in [0.15, 0.2) is 47.1 Å². The number of carbonyl (C=O) groups is 2. The normalized spacial score (nSPS) is 26.6. The van der Waals surface area contributed by atoms with E-state index in [0.29, 0.717) is 12.2 Å². The molecule has 2 aromatic rings. The minimum atomic E-state index is -0.482. The topological polar surface area (TPSA) is 62.6 Å². The van der Waals surface area contributed by atoms with Gasteiger partial charge in [0.1, 0.15) is 17.6 Å². The third-order valence-electron chi connectivity index (χ3n) is 5.59. The molecular formula is C21H24N2O3S. The summed E-state index contributed by atoms with van der Waals surface area (Å²) in [5.41, 5.74) is 1.54. The van der Waals surface area contributed by atoms with Gasteiger partial charge in [0.2, 0.25) is 5.91 Å². The summed E-state index contributed by atoms with van der Waals surface area (Å²) in [6, 6.07) is 10.8. The minimum absolute atomic E-state index is 0.0581. The van der Waals surface area contributed by atoms with Crippen LogP contribution in [-0.2, 0) is 9.59 Å². The molecule has 0 spiro atoms. The maximum Gasteiger partial charge on any atom is 0.237 e. The van der Waals surface area contributed by atoms with Gasteiger partial charge < -0.3 is 9.73 Å². The number of anilines is 2. The summed E-state index contributed by atoms with van der Waals surface area (Å²) in [5, 5.41) is 3.57. The quantitative estimate of drug-likeness (QED) is 0.766. The number of nitrogens with one attached hydrogen (secondary N) is 1. The maximum absolute atomic E-state index is 13.3. The lowest BCUT2D eigenvalue weighted by atomic mass is 9.67. The largest absolute Gasteiger partial charge is 0.467 e. The highest BCUT2D eigenvalue weighted by atomic mass is 32.1. The zero-order chi connectivity index (χ0) is 19.2. The number of carbonyl (C=O) groups excluding carboxylic acids is 2. The molecule has 3 atom stereocenters. The van der Waals surface area contributed by atoms with Gasteiger partial charge in [-0.15, -0.1) is 0 Å². The Morgan fingerprint density at radius 1 is 1.30 bits per heavy atom. The number of benzene rings is 1. The molecule has 1 aromatic heterocycles. The summed E-state index contributed by atoms with van der Waals surface area (Å²) < 4.78 is 5.72. The van der Waals surface area contributed by atoms with Gasteiger partial charge in [-0.05, 0) is 36.1 Å². The van der Waals surface area contributed by atoms with Crippen LogP contribution in [0.2, 0.25) is 0 Å². The van der Waals surface area contributed by atoms with Gasteiger partial charge in [-0.25, -0.2) is 0 Å². The fourth-order valence-corrected chi connectivity index (χ4v) is 4.74. The Kier molecular flexibility index (Phi) is 4.54. The van der Waals surface area contributed by atoms with Gasteiger partial charge in [0.15, 0.2) is 0 Å². The van der Waals surface area contributed by atoms with E-state index in [0.717, 1.165) is 17.8 Å². The van der Waals surface area contributed by atoms with E-state index in [1.807, 2.05) is 30.3 Å². The molecule has 1 aliphatic heterocycles. The molecule has 2 heterocycles. The van der Waals surface area contributed by atoms with Gasteiger partial charge in [-0.3, -0.25) is 14.5 Å². The van der Waals surface area contributed by atoms with E-state index in [4.69, 9.17) is 4.42 Å². The van der Waals surface area contributed by atoms with Crippen LogP contribution >= 0.6 is 12.6 Å². The minimum Gasteiger partial charge on any atom is -0.467 e. The molecule has 1 saturated carbocycles. The fourth-order valence-electron chi connectivity index (χ4n) is 4.59. The van der Waals surface area contributed by atoms with Crippen LogP contribution in [-0.4, -0.2) is 23.5 Å². The van der Waals surface area contributed by atoms with Crippen molar-refractivity contribution in [2.75, 3.05) is 16.0 Å². The zero-order valence-corrected chi connectivity index (χ0v) is 16.4. The monoisotopic (exact) mass is 384 g/mol. The second-order valence-electron chi connectivity index (χ2n) is 8.19. The molecule has 1 aliphatic carbocycles. The van der Waals surface area contributed by atoms with Crippen LogP contribution in [0.1, 0.15) is 38.5 Å². The van der Waals surface area contributed by atoms with Crippen molar-refractivity contribution in [1.29, 1.82) is 0 Å². The van der Waals surface area contributed by atoms with Crippen LogP contribution in [0.5, 0.6) is 0 Å². The summed E-state index contributed by atoms with van der Waals surface area (Å²) in [7, 11) is 0. The number of hydrogen-bond donors (Lipinski definition) is 2. The zero-order valence-electron chi connectivity index (χ0n) is 15.5. The number of rotatable bonds is 2. The second-order valence-corrected chi connectivity index (χ2v) is 8.50. The Morgan fingerprint density at radius 2 is 2.07 bits per heavy atom. The number of amides is 1. The first kappa shape index (κ1) is 18.2. The first-order chi connectivity index (χ1) is 12.9. The number of thiol groups is 1. The summed E-state index contributed by atoms with van der Waals surface area (Å²) in [4.78, 5) is 27.9. The Morgan fingerprint density at radius 3 is 2.78 bits per heavy atom. The van der Waals surface area contributed by atoms with Crippen molar-refractivity contribution in [3.8, 4) is 0 Å². The summed E-state index contributed by atoms with van der Waals surface area (Å²) in [6.45, 7) is 4.25. The fraction of sp³-hybridized carbons (Fsp3) is 0.429. The number of hydrogen-bond acceptors (Lipinski definition) is 5. The Hall–Kier alpha value is -2.21. The van der Waals surface area contributed by atoms with E-state index < -0.39 is 6.04 Å². The first-order valence-electron chi connectivity index (χ1n) is 9.26. The van der Waals surface area contributed by atoms with Gasteiger partial charge in [0, 0.05) is 12.5 Å². The molecule has 0 radical (unpaired) electrons. The van der Waals surface area contributed by atoms with Crippen LogP contribution in [0.4, 0.5) is 11.4 Å². The van der Waals surface area contributed by atoms with Crippen molar-refractivity contribution in [2.45, 2.75) is 38.8 Å². The third kappa shape index (κ3) is 3.16. The van der Waals surface area contributed by atoms with E-state index in [-0.39, 0.29) is 34.8 Å². The molecule has 142 valence electrons. The number of nitrogens with zero attached hydrogens (tertiary/aromatic N) is 1. The van der Waals surface area contributed by atoms with Crippen LogP contribution in [0.25, 0.3) is 0 Å². The lowest BCUT2D eigenvalue weighted by Crippen LogP contribution is -2.50. The molecule has 2 aliphatic rings.